The molecule has 0 saturated heterocycles. The van der Waals surface area contributed by atoms with Crippen LogP contribution in [0.15, 0.2) is 23.3 Å². The molecule has 12 heteroatoms. The van der Waals surface area contributed by atoms with Crippen molar-refractivity contribution in [3.05, 3.63) is 23.9 Å². The van der Waals surface area contributed by atoms with E-state index >= 15 is 0 Å². The van der Waals surface area contributed by atoms with E-state index in [1.54, 1.807) is 26.8 Å². The first kappa shape index (κ1) is 29.0. The lowest BCUT2D eigenvalue weighted by atomic mass is 10.2. The van der Waals surface area contributed by atoms with Crippen molar-refractivity contribution in [2.75, 3.05) is 26.2 Å². The summed E-state index contributed by atoms with van der Waals surface area (Å²) >= 11 is 0. The van der Waals surface area contributed by atoms with Gasteiger partial charge < -0.3 is 25.4 Å². The minimum absolute atomic E-state index is 0. The number of nitrogens with zero attached hydrogens (tertiary/aromatic N) is 2. The minimum Gasteiger partial charge on any atom is -0.468 e. The Kier molecular flexibility index (Phi) is 13.2. The molecule has 0 aromatic carbocycles. The second-order valence-corrected chi connectivity index (χ2v) is 7.31. The van der Waals surface area contributed by atoms with E-state index in [1.807, 2.05) is 6.92 Å². The number of aliphatic imine (C=N–C) groups is 1. The van der Waals surface area contributed by atoms with Crippen LogP contribution in [-0.2, 0) is 11.3 Å². The summed E-state index contributed by atoms with van der Waals surface area (Å²) < 4.78 is 46.2. The Balaban J connectivity index is 0.00000900. The molecule has 0 unspecified atom stereocenters. The summed E-state index contributed by atoms with van der Waals surface area (Å²) in [5, 5.41) is 8.90. The van der Waals surface area contributed by atoms with Gasteiger partial charge >= 0.3 is 12.3 Å². The largest absolute Gasteiger partial charge is 0.468 e. The zero-order chi connectivity index (χ0) is 22.6. The summed E-state index contributed by atoms with van der Waals surface area (Å²) in [5.74, 6) is 0.481. The second kappa shape index (κ2) is 14.1. The number of pyridine rings is 1. The maximum Gasteiger partial charge on any atom is 0.422 e. The van der Waals surface area contributed by atoms with E-state index in [4.69, 9.17) is 4.74 Å². The number of nitrogens with one attached hydrogen (secondary N) is 3. The number of ether oxygens (including phenoxy) is 2. The maximum atomic E-state index is 12.1. The molecule has 1 amide bonds. The lowest BCUT2D eigenvalue weighted by Gasteiger charge is -2.19. The third-order valence-corrected chi connectivity index (χ3v) is 3.26. The van der Waals surface area contributed by atoms with Crippen molar-refractivity contribution in [2.24, 2.45) is 4.99 Å². The van der Waals surface area contributed by atoms with Gasteiger partial charge in [-0.3, -0.25) is 0 Å². The predicted octanol–water partition coefficient (Wildman–Crippen LogP) is 3.61. The van der Waals surface area contributed by atoms with Gasteiger partial charge in [0.05, 0.1) is 6.54 Å². The van der Waals surface area contributed by atoms with Crippen LogP contribution >= 0.6 is 24.0 Å². The molecule has 8 nitrogen and oxygen atoms in total. The van der Waals surface area contributed by atoms with Crippen LogP contribution in [-0.4, -0.2) is 55.1 Å². The molecule has 0 fully saturated rings. The van der Waals surface area contributed by atoms with Gasteiger partial charge in [0.25, 0.3) is 0 Å². The number of aromatic nitrogens is 1. The molecule has 1 rings (SSSR count). The van der Waals surface area contributed by atoms with Gasteiger partial charge in [-0.2, -0.15) is 13.2 Å². The van der Waals surface area contributed by atoms with Crippen molar-refractivity contribution < 1.29 is 27.4 Å². The molecule has 178 valence electrons. The fraction of sp³-hybridized carbons (Fsp3) is 0.632. The number of carbonyl (C=O) groups excluding carboxylic acids is 1. The smallest absolute Gasteiger partial charge is 0.422 e. The monoisotopic (exact) mass is 561 g/mol. The third-order valence-electron chi connectivity index (χ3n) is 3.26. The Hall–Kier alpha value is -1.99. The maximum absolute atomic E-state index is 12.1. The normalized spacial score (nSPS) is 11.9. The lowest BCUT2D eigenvalue weighted by molar-refractivity contribution is -0.154. The van der Waals surface area contributed by atoms with Gasteiger partial charge in [0.1, 0.15) is 5.60 Å². The van der Waals surface area contributed by atoms with Crippen LogP contribution in [0.4, 0.5) is 18.0 Å². The molecule has 0 atom stereocenters. The molecular weight excluding hydrogens is 530 g/mol. The van der Waals surface area contributed by atoms with E-state index in [2.05, 4.69) is 30.7 Å². The highest BCUT2D eigenvalue weighted by molar-refractivity contribution is 14.0. The first-order valence-electron chi connectivity index (χ1n) is 9.62. The SMILES string of the molecule is CCNC(=NCc1ccc(OCC(F)(F)F)nc1)NCCCNC(=O)OC(C)(C)C.I. The van der Waals surface area contributed by atoms with Gasteiger partial charge in [-0.25, -0.2) is 14.8 Å². The van der Waals surface area contributed by atoms with Gasteiger partial charge in [-0.05, 0) is 39.7 Å². The molecule has 3 N–H and O–H groups in total. The first-order chi connectivity index (χ1) is 14.0. The van der Waals surface area contributed by atoms with E-state index in [9.17, 15) is 18.0 Å². The van der Waals surface area contributed by atoms with Crippen molar-refractivity contribution in [3.63, 3.8) is 0 Å². The molecule has 1 heterocycles. The fourth-order valence-electron chi connectivity index (χ4n) is 2.06. The number of carbonyl (C=O) groups is 1. The molecule has 31 heavy (non-hydrogen) atoms. The van der Waals surface area contributed by atoms with Crippen LogP contribution in [0.25, 0.3) is 0 Å². The quantitative estimate of drug-likeness (QED) is 0.185. The van der Waals surface area contributed by atoms with E-state index in [1.165, 1.54) is 12.3 Å². The molecule has 0 aliphatic heterocycles. The Bertz CT molecular complexity index is 680. The minimum atomic E-state index is -4.40. The van der Waals surface area contributed by atoms with Crippen molar-refractivity contribution in [1.29, 1.82) is 0 Å². The standard InChI is InChI=1S/C19H30F3N5O3.HI/c1-5-23-16(24-9-6-10-25-17(28)30-18(2,3)4)27-12-14-7-8-15(26-11-14)29-13-19(20,21)22;/h7-8,11H,5-6,9-10,12-13H2,1-4H3,(H,25,28)(H2,23,24,27);1H. The van der Waals surface area contributed by atoms with Gasteiger partial charge in [0.15, 0.2) is 12.6 Å². The molecular formula is C19H31F3IN5O3. The summed E-state index contributed by atoms with van der Waals surface area (Å²) in [6.07, 6.45) is -2.78. The second-order valence-electron chi connectivity index (χ2n) is 7.31. The van der Waals surface area contributed by atoms with Crippen molar-refractivity contribution in [2.45, 2.75) is 52.4 Å². The highest BCUT2D eigenvalue weighted by Gasteiger charge is 2.28. The lowest BCUT2D eigenvalue weighted by Crippen LogP contribution is -2.39. The molecule has 1 aromatic heterocycles. The van der Waals surface area contributed by atoms with Crippen LogP contribution < -0.4 is 20.7 Å². The van der Waals surface area contributed by atoms with Crippen LogP contribution in [0.2, 0.25) is 0 Å². The summed E-state index contributed by atoms with van der Waals surface area (Å²) in [5.41, 5.74) is 0.184. The Morgan fingerprint density at radius 1 is 1.13 bits per heavy atom. The Morgan fingerprint density at radius 3 is 2.35 bits per heavy atom. The molecule has 0 spiro atoms. The first-order valence-corrected chi connectivity index (χ1v) is 9.62. The van der Waals surface area contributed by atoms with Crippen molar-refractivity contribution in [3.8, 4) is 5.88 Å². The molecule has 0 bridgehead atoms. The van der Waals surface area contributed by atoms with Crippen molar-refractivity contribution in [1.82, 2.24) is 20.9 Å². The Labute approximate surface area is 197 Å². The van der Waals surface area contributed by atoms with Gasteiger partial charge in [0.2, 0.25) is 5.88 Å². The van der Waals surface area contributed by atoms with E-state index < -0.39 is 24.5 Å². The zero-order valence-electron chi connectivity index (χ0n) is 18.1. The topological polar surface area (TPSA) is 96.9 Å². The summed E-state index contributed by atoms with van der Waals surface area (Å²) in [4.78, 5) is 19.8. The van der Waals surface area contributed by atoms with Crippen LogP contribution in [0.1, 0.15) is 39.7 Å². The number of hydrogen-bond acceptors (Lipinski definition) is 5. The number of rotatable bonds is 9. The van der Waals surface area contributed by atoms with E-state index in [0.717, 1.165) is 5.56 Å². The average Bonchev–Trinajstić information content (AvgIpc) is 2.63. The number of amides is 1. The molecule has 0 aliphatic rings. The van der Waals surface area contributed by atoms with Crippen LogP contribution in [0, 0.1) is 0 Å². The Morgan fingerprint density at radius 2 is 1.81 bits per heavy atom. The predicted molar refractivity (Wildman–Crippen MR) is 123 cm³/mol. The summed E-state index contributed by atoms with van der Waals surface area (Å²) in [6, 6.07) is 2.98. The average molecular weight is 561 g/mol. The highest BCUT2D eigenvalue weighted by Crippen LogP contribution is 2.17. The number of hydrogen-bond donors (Lipinski definition) is 3. The number of halogens is 4. The number of alkyl carbamates (subject to hydrolysis) is 1. The van der Waals surface area contributed by atoms with Crippen LogP contribution in [0.5, 0.6) is 5.88 Å². The van der Waals surface area contributed by atoms with Gasteiger partial charge in [0, 0.05) is 31.9 Å². The molecule has 0 aliphatic carbocycles. The number of alkyl halides is 3. The molecule has 0 radical (unpaired) electrons. The molecule has 1 aromatic rings. The fourth-order valence-corrected chi connectivity index (χ4v) is 2.06. The van der Waals surface area contributed by atoms with Crippen molar-refractivity contribution >= 4 is 36.0 Å². The van der Waals surface area contributed by atoms with E-state index in [-0.39, 0.29) is 36.4 Å². The van der Waals surface area contributed by atoms with E-state index in [0.29, 0.717) is 32.0 Å². The summed E-state index contributed by atoms with van der Waals surface area (Å²) in [6.45, 7) is 7.91. The molecule has 0 saturated carbocycles. The zero-order valence-corrected chi connectivity index (χ0v) is 20.5. The number of guanidine groups is 1. The van der Waals surface area contributed by atoms with Crippen LogP contribution in [0.3, 0.4) is 0 Å². The summed E-state index contributed by atoms with van der Waals surface area (Å²) in [7, 11) is 0. The third kappa shape index (κ3) is 15.5. The van der Waals surface area contributed by atoms with Gasteiger partial charge in [-0.1, -0.05) is 6.07 Å². The van der Waals surface area contributed by atoms with Gasteiger partial charge in [-0.15, -0.1) is 24.0 Å². The highest BCUT2D eigenvalue weighted by atomic mass is 127.